The van der Waals surface area contributed by atoms with Crippen molar-refractivity contribution in [3.05, 3.63) is 46.1 Å². The average Bonchev–Trinajstić information content (AvgIpc) is 3.42. The fraction of sp³-hybridized carbons (Fsp3) is 0.350. The third-order valence-corrected chi connectivity index (χ3v) is 9.69. The summed E-state index contributed by atoms with van der Waals surface area (Å²) in [5, 5.41) is 1.74. The first-order valence-electron chi connectivity index (χ1n) is 9.61. The van der Waals surface area contributed by atoms with Crippen LogP contribution < -0.4 is 4.80 Å². The number of hydrogen-bond acceptors (Lipinski definition) is 7. The number of aryl methyl sites for hydroxylation is 1. The number of fused-ring (bicyclic) bond motifs is 1. The molecule has 1 saturated heterocycles. The van der Waals surface area contributed by atoms with Crippen molar-refractivity contribution in [1.82, 2.24) is 8.87 Å². The molecule has 31 heavy (non-hydrogen) atoms. The topological polar surface area (TPSA) is 98.0 Å². The molecule has 3 heterocycles. The van der Waals surface area contributed by atoms with Gasteiger partial charge in [0.25, 0.3) is 15.9 Å². The summed E-state index contributed by atoms with van der Waals surface area (Å²) in [6.07, 6.45) is 0.877. The Bertz CT molecular complexity index is 1300. The molecule has 3 aromatic rings. The Balaban J connectivity index is 1.51. The number of nitrogens with zero attached hydrogens (tertiary/aromatic N) is 3. The minimum absolute atomic E-state index is 0.247. The number of esters is 1. The molecular formula is C20H21N3O5S3. The summed E-state index contributed by atoms with van der Waals surface area (Å²) in [7, 11) is -0.345. The van der Waals surface area contributed by atoms with E-state index in [0.29, 0.717) is 40.5 Å². The summed E-state index contributed by atoms with van der Waals surface area (Å²) in [5.41, 5.74) is 1.30. The fourth-order valence-electron chi connectivity index (χ4n) is 3.55. The maximum atomic E-state index is 12.8. The third-order valence-electron chi connectivity index (χ3n) is 5.33. The van der Waals surface area contributed by atoms with E-state index in [1.54, 1.807) is 35.7 Å². The van der Waals surface area contributed by atoms with Gasteiger partial charge in [-0.05, 0) is 42.5 Å². The van der Waals surface area contributed by atoms with Crippen molar-refractivity contribution in [2.24, 2.45) is 18.0 Å². The average molecular weight is 480 g/mol. The molecule has 1 aliphatic heterocycles. The first-order chi connectivity index (χ1) is 14.8. The number of methoxy groups -OCH3 is 1. The Morgan fingerprint density at radius 1 is 1.19 bits per heavy atom. The quantitative estimate of drug-likeness (QED) is 0.536. The lowest BCUT2D eigenvalue weighted by Crippen LogP contribution is -2.40. The second-order valence-electron chi connectivity index (χ2n) is 7.18. The largest absolute Gasteiger partial charge is 0.465 e. The molecule has 1 amide bonds. The van der Waals surface area contributed by atoms with Gasteiger partial charge in [-0.3, -0.25) is 4.79 Å². The van der Waals surface area contributed by atoms with Gasteiger partial charge in [0.15, 0.2) is 4.80 Å². The molecule has 0 bridgehead atoms. The summed E-state index contributed by atoms with van der Waals surface area (Å²) in [6.45, 7) is 0.598. The molecule has 164 valence electrons. The molecule has 1 aliphatic rings. The van der Waals surface area contributed by atoms with E-state index in [1.165, 1.54) is 34.1 Å². The monoisotopic (exact) mass is 479 g/mol. The van der Waals surface area contributed by atoms with Gasteiger partial charge in [0.1, 0.15) is 4.21 Å². The number of sulfonamides is 1. The van der Waals surface area contributed by atoms with Gasteiger partial charge in [0.05, 0.1) is 22.9 Å². The van der Waals surface area contributed by atoms with Gasteiger partial charge in [-0.1, -0.05) is 17.4 Å². The molecule has 0 saturated carbocycles. The van der Waals surface area contributed by atoms with Crippen molar-refractivity contribution in [1.29, 1.82) is 0 Å². The van der Waals surface area contributed by atoms with Crippen LogP contribution in [0, 0.1) is 5.92 Å². The van der Waals surface area contributed by atoms with E-state index < -0.39 is 16.0 Å². The second-order valence-corrected chi connectivity index (χ2v) is 11.3. The van der Waals surface area contributed by atoms with Crippen molar-refractivity contribution in [3.63, 3.8) is 0 Å². The highest BCUT2D eigenvalue weighted by atomic mass is 32.2. The van der Waals surface area contributed by atoms with E-state index in [4.69, 9.17) is 4.74 Å². The highest BCUT2D eigenvalue weighted by Crippen LogP contribution is 2.27. The van der Waals surface area contributed by atoms with Crippen molar-refractivity contribution in [3.8, 4) is 0 Å². The number of aromatic nitrogens is 1. The molecule has 11 heteroatoms. The summed E-state index contributed by atoms with van der Waals surface area (Å²) in [5.74, 6) is -0.981. The maximum Gasteiger partial charge on any atom is 0.337 e. The third kappa shape index (κ3) is 4.22. The normalized spacial score (nSPS) is 16.6. The summed E-state index contributed by atoms with van der Waals surface area (Å²) >= 11 is 2.52. The van der Waals surface area contributed by atoms with Crippen molar-refractivity contribution < 1.29 is 22.7 Å². The molecule has 1 aromatic carbocycles. The van der Waals surface area contributed by atoms with Crippen LogP contribution in [0.25, 0.3) is 10.2 Å². The van der Waals surface area contributed by atoms with Gasteiger partial charge in [0, 0.05) is 26.1 Å². The number of amides is 1. The molecule has 0 N–H and O–H groups in total. The van der Waals surface area contributed by atoms with E-state index >= 15 is 0 Å². The zero-order valence-corrected chi connectivity index (χ0v) is 19.4. The first-order valence-corrected chi connectivity index (χ1v) is 12.7. The summed E-state index contributed by atoms with van der Waals surface area (Å²) in [4.78, 5) is 29.4. The van der Waals surface area contributed by atoms with E-state index in [1.807, 2.05) is 11.6 Å². The molecule has 0 radical (unpaired) electrons. The lowest BCUT2D eigenvalue weighted by Gasteiger charge is -2.29. The highest BCUT2D eigenvalue weighted by Gasteiger charge is 2.32. The van der Waals surface area contributed by atoms with E-state index in [-0.39, 0.29) is 11.8 Å². The van der Waals surface area contributed by atoms with E-state index in [9.17, 15) is 18.0 Å². The Kier molecular flexibility index (Phi) is 6.11. The number of carbonyl (C=O) groups is 2. The minimum atomic E-state index is -3.49. The molecule has 0 spiro atoms. The molecule has 1 fully saturated rings. The fourth-order valence-corrected chi connectivity index (χ4v) is 7.23. The van der Waals surface area contributed by atoms with Crippen LogP contribution in [0.1, 0.15) is 23.2 Å². The van der Waals surface area contributed by atoms with E-state index in [2.05, 4.69) is 4.99 Å². The number of thiophene rings is 1. The van der Waals surface area contributed by atoms with Gasteiger partial charge >= 0.3 is 5.97 Å². The summed E-state index contributed by atoms with van der Waals surface area (Å²) < 4.78 is 34.5. The molecule has 8 nitrogen and oxygen atoms in total. The Morgan fingerprint density at radius 3 is 2.58 bits per heavy atom. The lowest BCUT2D eigenvalue weighted by molar-refractivity contribution is -0.122. The van der Waals surface area contributed by atoms with Gasteiger partial charge in [-0.2, -0.15) is 9.30 Å². The number of benzene rings is 1. The molecule has 0 aliphatic carbocycles. The van der Waals surface area contributed by atoms with Crippen LogP contribution in [0.5, 0.6) is 0 Å². The molecule has 0 unspecified atom stereocenters. The smallest absolute Gasteiger partial charge is 0.337 e. The first kappa shape index (κ1) is 21.9. The van der Waals surface area contributed by atoms with Crippen LogP contribution >= 0.6 is 22.7 Å². The predicted molar refractivity (Wildman–Crippen MR) is 119 cm³/mol. The Labute approximate surface area is 187 Å². The van der Waals surface area contributed by atoms with E-state index in [0.717, 1.165) is 10.2 Å². The predicted octanol–water partition coefficient (Wildman–Crippen LogP) is 2.62. The van der Waals surface area contributed by atoms with Crippen LogP contribution in [0.15, 0.2) is 44.9 Å². The lowest BCUT2D eigenvalue weighted by atomic mass is 9.98. The maximum absolute atomic E-state index is 12.8. The van der Waals surface area contributed by atoms with Crippen LogP contribution in [0.4, 0.5) is 0 Å². The summed E-state index contributed by atoms with van der Waals surface area (Å²) in [6, 6.07) is 8.51. The van der Waals surface area contributed by atoms with Crippen LogP contribution in [-0.4, -0.2) is 49.4 Å². The zero-order chi connectivity index (χ0) is 22.2. The van der Waals surface area contributed by atoms with Gasteiger partial charge in [-0.15, -0.1) is 11.3 Å². The van der Waals surface area contributed by atoms with Crippen LogP contribution in [0.3, 0.4) is 0 Å². The second kappa shape index (κ2) is 8.65. The number of carbonyl (C=O) groups excluding carboxylic acids is 2. The number of thiazole rings is 1. The number of piperidine rings is 1. The molecule has 0 atom stereocenters. The van der Waals surface area contributed by atoms with Crippen LogP contribution in [-0.2, 0) is 26.6 Å². The van der Waals surface area contributed by atoms with Gasteiger partial charge in [0.2, 0.25) is 0 Å². The van der Waals surface area contributed by atoms with Crippen molar-refractivity contribution >= 4 is 54.8 Å². The van der Waals surface area contributed by atoms with Crippen molar-refractivity contribution in [2.75, 3.05) is 20.2 Å². The highest BCUT2D eigenvalue weighted by molar-refractivity contribution is 7.91. The van der Waals surface area contributed by atoms with Crippen molar-refractivity contribution in [2.45, 2.75) is 17.1 Å². The molecule has 4 rings (SSSR count). The Morgan fingerprint density at radius 2 is 1.94 bits per heavy atom. The number of hydrogen-bond donors (Lipinski definition) is 0. The number of ether oxygens (including phenoxy) is 1. The zero-order valence-electron chi connectivity index (χ0n) is 17.0. The number of rotatable bonds is 4. The van der Waals surface area contributed by atoms with Gasteiger partial charge < -0.3 is 9.30 Å². The molecular weight excluding hydrogens is 458 g/mol. The Hall–Kier alpha value is -2.34. The van der Waals surface area contributed by atoms with Crippen LogP contribution in [0.2, 0.25) is 0 Å². The molecule has 2 aromatic heterocycles. The SMILES string of the molecule is COC(=O)c1ccc2c(c1)sc(=NC(=O)C1CCN(S(=O)(=O)c3cccs3)CC1)n2C. The van der Waals surface area contributed by atoms with Gasteiger partial charge in [-0.25, -0.2) is 13.2 Å². The minimum Gasteiger partial charge on any atom is -0.465 e. The standard InChI is InChI=1S/C20H21N3O5S3/c1-22-15-6-5-14(19(25)28-2)12-16(15)30-20(22)21-18(24)13-7-9-23(10-8-13)31(26,27)17-4-3-11-29-17/h3-6,11-13H,7-10H2,1-2H3.